The molecule has 27 heavy (non-hydrogen) atoms. The third kappa shape index (κ3) is 2.04. The van der Waals surface area contributed by atoms with Crippen LogP contribution in [0.2, 0.25) is 0 Å². The molecule has 1 aromatic carbocycles. The molecule has 0 spiro atoms. The van der Waals surface area contributed by atoms with Crippen molar-refractivity contribution in [1.29, 1.82) is 5.41 Å². The van der Waals surface area contributed by atoms with Crippen molar-refractivity contribution in [1.82, 2.24) is 0 Å². The number of hydrogen-bond acceptors (Lipinski definition) is 8. The lowest BCUT2D eigenvalue weighted by Gasteiger charge is -2.43. The molecule has 1 heterocycles. The number of aromatic hydroxyl groups is 2. The maximum atomic E-state index is 12.6. The van der Waals surface area contributed by atoms with E-state index in [2.05, 4.69) is 0 Å². The Balaban J connectivity index is 2.52. The van der Waals surface area contributed by atoms with Crippen molar-refractivity contribution in [3.8, 4) is 17.2 Å². The van der Waals surface area contributed by atoms with Crippen LogP contribution in [-0.4, -0.2) is 45.5 Å². The molecule has 144 valence electrons. The second-order valence-electron chi connectivity index (χ2n) is 7.09. The third-order valence-electron chi connectivity index (χ3n) is 5.61. The van der Waals surface area contributed by atoms with Crippen LogP contribution in [0.15, 0.2) is 11.3 Å². The number of aliphatic hydroxyl groups excluding tert-OH is 1. The molecule has 2 aliphatic rings. The highest BCUT2D eigenvalue weighted by atomic mass is 16.7. The number of methoxy groups -OCH3 is 1. The molecule has 1 aliphatic heterocycles. The molecule has 8 heteroatoms. The number of rotatable bonds is 3. The summed E-state index contributed by atoms with van der Waals surface area (Å²) >= 11 is 0. The Labute approximate surface area is 155 Å². The first kappa shape index (κ1) is 18.9. The van der Waals surface area contributed by atoms with Gasteiger partial charge in [0, 0.05) is 18.4 Å². The van der Waals surface area contributed by atoms with Crippen LogP contribution in [-0.2, 0) is 14.9 Å². The lowest BCUT2D eigenvalue weighted by molar-refractivity contribution is -0.198. The molecular formula is C19H21NO7. The monoisotopic (exact) mass is 375 g/mol. The van der Waals surface area contributed by atoms with Crippen LogP contribution in [0.5, 0.6) is 17.2 Å². The predicted molar refractivity (Wildman–Crippen MR) is 94.9 cm³/mol. The number of aliphatic hydroxyl groups is 1. The highest BCUT2D eigenvalue weighted by Crippen LogP contribution is 2.62. The molecular weight excluding hydrogens is 354 g/mol. The first-order valence-electron chi connectivity index (χ1n) is 8.31. The van der Waals surface area contributed by atoms with Gasteiger partial charge < -0.3 is 30.2 Å². The average molecular weight is 375 g/mol. The molecule has 0 radical (unpaired) electrons. The quantitative estimate of drug-likeness (QED) is 0.470. The van der Waals surface area contributed by atoms with E-state index in [0.717, 1.165) is 0 Å². The Kier molecular flexibility index (Phi) is 3.89. The number of carbonyl (C=O) groups is 2. The summed E-state index contributed by atoms with van der Waals surface area (Å²) in [7, 11) is 1.28. The zero-order chi connectivity index (χ0) is 20.5. The molecule has 0 aromatic heterocycles. The first-order valence-corrected chi connectivity index (χ1v) is 8.31. The van der Waals surface area contributed by atoms with Gasteiger partial charge in [-0.25, -0.2) is 0 Å². The minimum atomic E-state index is -1.74. The average Bonchev–Trinajstić information content (AvgIpc) is 2.82. The highest BCUT2D eigenvalue weighted by molar-refractivity contribution is 6.22. The van der Waals surface area contributed by atoms with Crippen molar-refractivity contribution in [2.75, 3.05) is 7.11 Å². The fourth-order valence-electron chi connectivity index (χ4n) is 4.08. The van der Waals surface area contributed by atoms with Crippen LogP contribution in [0, 0.1) is 12.3 Å². The first-order chi connectivity index (χ1) is 12.4. The maximum absolute atomic E-state index is 12.6. The number of fused-ring (bicyclic) bond motifs is 3. The summed E-state index contributed by atoms with van der Waals surface area (Å²) in [4.78, 5) is 24.8. The molecule has 0 amide bonds. The van der Waals surface area contributed by atoms with E-state index in [-0.39, 0.29) is 45.9 Å². The van der Waals surface area contributed by atoms with E-state index >= 15 is 0 Å². The molecule has 3 rings (SSSR count). The fraction of sp³-hybridized carbons (Fsp3) is 0.421. The summed E-state index contributed by atoms with van der Waals surface area (Å²) in [6, 6.07) is 0. The molecule has 2 atom stereocenters. The van der Waals surface area contributed by atoms with Gasteiger partial charge in [-0.2, -0.15) is 0 Å². The number of phenols is 2. The van der Waals surface area contributed by atoms with E-state index < -0.39 is 34.3 Å². The predicted octanol–water partition coefficient (Wildman–Crippen LogP) is 2.43. The number of hydrogen-bond donors (Lipinski definition) is 4. The highest BCUT2D eigenvalue weighted by Gasteiger charge is 2.67. The van der Waals surface area contributed by atoms with E-state index in [4.69, 9.17) is 14.9 Å². The Morgan fingerprint density at radius 2 is 1.81 bits per heavy atom. The summed E-state index contributed by atoms with van der Waals surface area (Å²) in [6.07, 6.45) is -0.346. The van der Waals surface area contributed by atoms with Crippen LogP contribution < -0.4 is 4.74 Å². The van der Waals surface area contributed by atoms with Gasteiger partial charge >= 0.3 is 0 Å². The number of Topliss-reactive ketones (excluding diaryl/α,β-unsaturated/α-hetero) is 2. The number of ether oxygens (including phenoxy) is 2. The molecule has 0 fully saturated rings. The summed E-state index contributed by atoms with van der Waals surface area (Å²) in [5.74, 6) is -4.26. The van der Waals surface area contributed by atoms with Gasteiger partial charge in [-0.05, 0) is 27.7 Å². The normalized spacial score (nSPS) is 26.5. The lowest BCUT2D eigenvalue weighted by Crippen LogP contribution is -2.57. The van der Waals surface area contributed by atoms with Gasteiger partial charge in [-0.3, -0.25) is 9.59 Å². The summed E-state index contributed by atoms with van der Waals surface area (Å²) in [5, 5.41) is 40.0. The molecule has 0 saturated heterocycles. The van der Waals surface area contributed by atoms with Gasteiger partial charge in [0.1, 0.15) is 34.0 Å². The molecule has 8 nitrogen and oxygen atoms in total. The summed E-state index contributed by atoms with van der Waals surface area (Å²) in [5.41, 5.74) is -1.99. The molecule has 0 saturated carbocycles. The summed E-state index contributed by atoms with van der Waals surface area (Å²) < 4.78 is 11.4. The number of benzene rings is 1. The minimum Gasteiger partial charge on any atom is -0.510 e. The maximum Gasteiger partial charge on any atom is 0.234 e. The van der Waals surface area contributed by atoms with E-state index in [9.17, 15) is 24.9 Å². The summed E-state index contributed by atoms with van der Waals surface area (Å²) in [6.45, 7) is 5.53. The van der Waals surface area contributed by atoms with Crippen LogP contribution >= 0.6 is 0 Å². The van der Waals surface area contributed by atoms with E-state index in [1.165, 1.54) is 34.8 Å². The van der Waals surface area contributed by atoms with Crippen molar-refractivity contribution in [3.05, 3.63) is 28.0 Å². The number of ketones is 2. The van der Waals surface area contributed by atoms with Gasteiger partial charge in [-0.1, -0.05) is 0 Å². The van der Waals surface area contributed by atoms with Crippen molar-refractivity contribution in [2.45, 2.75) is 45.3 Å². The number of carbonyl (C=O) groups excluding carboxylic acids is 2. The van der Waals surface area contributed by atoms with Crippen LogP contribution in [0.3, 0.4) is 0 Å². The van der Waals surface area contributed by atoms with Crippen LogP contribution in [0.1, 0.15) is 48.7 Å². The second kappa shape index (κ2) is 5.56. The van der Waals surface area contributed by atoms with Crippen LogP contribution in [0.25, 0.3) is 0 Å². The Hall–Kier alpha value is -2.87. The van der Waals surface area contributed by atoms with Crippen molar-refractivity contribution < 1.29 is 34.4 Å². The molecule has 1 aliphatic carbocycles. The molecule has 4 N–H and O–H groups in total. The van der Waals surface area contributed by atoms with Crippen molar-refractivity contribution >= 4 is 17.3 Å². The van der Waals surface area contributed by atoms with Gasteiger partial charge in [0.05, 0.1) is 17.6 Å². The zero-order valence-electron chi connectivity index (χ0n) is 15.7. The van der Waals surface area contributed by atoms with E-state index in [0.29, 0.717) is 0 Å². The smallest absolute Gasteiger partial charge is 0.234 e. The topological polar surface area (TPSA) is 137 Å². The third-order valence-corrected chi connectivity index (χ3v) is 5.61. The van der Waals surface area contributed by atoms with Gasteiger partial charge in [-0.15, -0.1) is 0 Å². The zero-order valence-corrected chi connectivity index (χ0v) is 15.7. The van der Waals surface area contributed by atoms with Gasteiger partial charge in [0.25, 0.3) is 0 Å². The second-order valence-corrected chi connectivity index (χ2v) is 7.09. The minimum absolute atomic E-state index is 0.0357. The SMILES string of the molecule is CO[C@@]12CC(=O)C(C(C)=N)=C(O)[C@]1(C)c1c(O)c(C)c(O)c(C(C)=O)c1O2. The Morgan fingerprint density at radius 1 is 1.22 bits per heavy atom. The standard InChI is InChI=1S/C19H21NO7/c1-7-14(23)12(9(3)21)16-13(15(7)24)18(4)17(25)11(8(2)20)10(22)6-19(18,26-5)27-16/h20,23-25H,6H2,1-5H3/t18-,19+/m0/s1. The van der Waals surface area contributed by atoms with Crippen molar-refractivity contribution in [3.63, 3.8) is 0 Å². The Bertz CT molecular complexity index is 962. The van der Waals surface area contributed by atoms with E-state index in [1.807, 2.05) is 0 Å². The number of nitrogens with one attached hydrogen (secondary N) is 1. The van der Waals surface area contributed by atoms with Gasteiger partial charge in [0.15, 0.2) is 11.6 Å². The fourth-order valence-corrected chi connectivity index (χ4v) is 4.08. The number of phenolic OH excluding ortho intramolecular Hbond substituents is 2. The largest absolute Gasteiger partial charge is 0.510 e. The van der Waals surface area contributed by atoms with Crippen molar-refractivity contribution in [2.24, 2.45) is 0 Å². The lowest BCUT2D eigenvalue weighted by atomic mass is 9.66. The molecule has 0 bridgehead atoms. The molecule has 0 unspecified atom stereocenters. The molecule has 1 aromatic rings. The van der Waals surface area contributed by atoms with Crippen LogP contribution in [0.4, 0.5) is 0 Å². The number of allylic oxidation sites excluding steroid dienone is 1. The Morgan fingerprint density at radius 3 is 2.30 bits per heavy atom. The van der Waals surface area contributed by atoms with E-state index in [1.54, 1.807) is 0 Å². The van der Waals surface area contributed by atoms with Gasteiger partial charge in [0.2, 0.25) is 5.79 Å².